The number of rotatable bonds is 4. The van der Waals surface area contributed by atoms with Gasteiger partial charge in [0.2, 0.25) is 0 Å². The van der Waals surface area contributed by atoms with Crippen molar-refractivity contribution in [2.45, 2.75) is 6.54 Å². The van der Waals surface area contributed by atoms with Crippen LogP contribution in [0.2, 0.25) is 0 Å². The zero-order valence-corrected chi connectivity index (χ0v) is 10.3. The average molecular weight is 254 g/mol. The molecule has 6 heteroatoms. The number of anilines is 1. The molecular weight excluding hydrogens is 238 g/mol. The van der Waals surface area contributed by atoms with Crippen LogP contribution in [-0.4, -0.2) is 34.9 Å². The zero-order chi connectivity index (χ0) is 12.1. The van der Waals surface area contributed by atoms with Gasteiger partial charge < -0.3 is 14.8 Å². The highest BCUT2D eigenvalue weighted by atomic mass is 32.2. The number of nitrogens with zero attached hydrogens (tertiary/aromatic N) is 1. The lowest BCUT2D eigenvalue weighted by Crippen LogP contribution is -2.44. The van der Waals surface area contributed by atoms with Crippen molar-refractivity contribution >= 4 is 17.0 Å². The van der Waals surface area contributed by atoms with Gasteiger partial charge in [0, 0.05) is 49.7 Å². The van der Waals surface area contributed by atoms with Gasteiger partial charge in [-0.15, -0.1) is 0 Å². The predicted octanol–water partition coefficient (Wildman–Crippen LogP) is -0.0201. The van der Waals surface area contributed by atoms with E-state index in [9.17, 15) is 8.76 Å². The summed E-state index contributed by atoms with van der Waals surface area (Å²) < 4.78 is 23.5. The summed E-state index contributed by atoms with van der Waals surface area (Å²) in [5, 5.41) is 3.30. The van der Waals surface area contributed by atoms with Crippen LogP contribution in [0.25, 0.3) is 0 Å². The Labute approximate surface area is 104 Å². The van der Waals surface area contributed by atoms with Crippen molar-refractivity contribution in [1.82, 2.24) is 10.0 Å². The van der Waals surface area contributed by atoms with Gasteiger partial charge in [0.05, 0.1) is 0 Å². The minimum atomic E-state index is -2.21. The van der Waals surface area contributed by atoms with Gasteiger partial charge in [-0.3, -0.25) is 4.21 Å². The lowest BCUT2D eigenvalue weighted by molar-refractivity contribution is 0.522. The van der Waals surface area contributed by atoms with Crippen LogP contribution in [0.15, 0.2) is 24.3 Å². The second-order valence-corrected chi connectivity index (χ2v) is 4.68. The molecule has 2 N–H and O–H groups in total. The number of piperazine rings is 1. The summed E-state index contributed by atoms with van der Waals surface area (Å²) in [5.41, 5.74) is 2.13. The Morgan fingerprint density at radius 2 is 2.06 bits per heavy atom. The van der Waals surface area contributed by atoms with Crippen molar-refractivity contribution < 1.29 is 8.76 Å². The Hall–Kier alpha value is -0.950. The fraction of sp³-hybridized carbons (Fsp3) is 0.455. The van der Waals surface area contributed by atoms with E-state index in [-0.39, 0.29) is 0 Å². The number of para-hydroxylation sites is 1. The standard InChI is InChI=1S/C11H17N3O2S/c15-17(16)13-9-10-3-1-2-4-11(10)14-7-5-12-6-8-14/h1-4,12-13H,5-9H2,(H,15,16)/p-1. The Kier molecular flexibility index (Phi) is 4.49. The normalized spacial score (nSPS) is 18.1. The van der Waals surface area contributed by atoms with Crippen LogP contribution in [0.3, 0.4) is 0 Å². The van der Waals surface area contributed by atoms with Crippen LogP contribution in [0.5, 0.6) is 0 Å². The molecule has 94 valence electrons. The van der Waals surface area contributed by atoms with Crippen LogP contribution in [-0.2, 0) is 17.8 Å². The molecule has 1 aromatic rings. The van der Waals surface area contributed by atoms with Gasteiger partial charge >= 0.3 is 0 Å². The van der Waals surface area contributed by atoms with E-state index in [4.69, 9.17) is 0 Å². The van der Waals surface area contributed by atoms with Crippen molar-refractivity contribution in [2.24, 2.45) is 0 Å². The lowest BCUT2D eigenvalue weighted by Gasteiger charge is -2.31. The van der Waals surface area contributed by atoms with E-state index < -0.39 is 11.3 Å². The largest absolute Gasteiger partial charge is 0.760 e. The summed E-state index contributed by atoms with van der Waals surface area (Å²) >= 11 is -2.21. The Bertz CT molecular complexity index is 394. The molecule has 1 aliphatic rings. The van der Waals surface area contributed by atoms with E-state index in [2.05, 4.69) is 14.9 Å². The molecule has 1 aliphatic heterocycles. The van der Waals surface area contributed by atoms with Gasteiger partial charge in [-0.1, -0.05) is 18.2 Å². The summed E-state index contributed by atoms with van der Waals surface area (Å²) in [6.07, 6.45) is 0. The van der Waals surface area contributed by atoms with Gasteiger partial charge in [0.25, 0.3) is 0 Å². The quantitative estimate of drug-likeness (QED) is 0.741. The molecule has 17 heavy (non-hydrogen) atoms. The van der Waals surface area contributed by atoms with E-state index in [1.165, 1.54) is 0 Å². The third-order valence-corrected chi connectivity index (χ3v) is 3.21. The smallest absolute Gasteiger partial charge is 0.0413 e. The molecule has 0 radical (unpaired) electrons. The van der Waals surface area contributed by atoms with Crippen LogP contribution in [0.1, 0.15) is 5.56 Å². The molecular formula is C11H16N3O2S-. The predicted molar refractivity (Wildman–Crippen MR) is 67.3 cm³/mol. The molecule has 0 aliphatic carbocycles. The maximum Gasteiger partial charge on any atom is 0.0413 e. The van der Waals surface area contributed by atoms with E-state index in [1.807, 2.05) is 24.3 Å². The van der Waals surface area contributed by atoms with Crippen molar-refractivity contribution in [3.05, 3.63) is 29.8 Å². The second-order valence-electron chi connectivity index (χ2n) is 3.92. The summed E-state index contributed by atoms with van der Waals surface area (Å²) in [7, 11) is 0. The average Bonchev–Trinajstić information content (AvgIpc) is 2.38. The molecule has 1 fully saturated rings. The van der Waals surface area contributed by atoms with Crippen molar-refractivity contribution in [3.63, 3.8) is 0 Å². The second kappa shape index (κ2) is 6.11. The van der Waals surface area contributed by atoms with E-state index >= 15 is 0 Å². The molecule has 2 rings (SSSR count). The first-order valence-corrected chi connectivity index (χ1v) is 6.71. The Morgan fingerprint density at radius 1 is 1.35 bits per heavy atom. The van der Waals surface area contributed by atoms with Crippen LogP contribution >= 0.6 is 0 Å². The summed E-state index contributed by atoms with van der Waals surface area (Å²) in [6.45, 7) is 4.19. The van der Waals surface area contributed by atoms with Crippen LogP contribution in [0, 0.1) is 0 Å². The third-order valence-electron chi connectivity index (χ3n) is 2.83. The fourth-order valence-corrected chi connectivity index (χ4v) is 2.28. The van der Waals surface area contributed by atoms with Gasteiger partial charge in [-0.25, -0.2) is 4.72 Å². The minimum absolute atomic E-state index is 0.343. The summed E-state index contributed by atoms with van der Waals surface area (Å²) in [5.74, 6) is 0. The first-order chi connectivity index (χ1) is 8.27. The van der Waals surface area contributed by atoms with Gasteiger partial charge in [-0.05, 0) is 11.6 Å². The van der Waals surface area contributed by atoms with Gasteiger partial charge in [0.1, 0.15) is 0 Å². The van der Waals surface area contributed by atoms with Crippen LogP contribution < -0.4 is 14.9 Å². The monoisotopic (exact) mass is 254 g/mol. The molecule has 1 saturated heterocycles. The fourth-order valence-electron chi connectivity index (χ4n) is 2.01. The van der Waals surface area contributed by atoms with Crippen molar-refractivity contribution in [2.75, 3.05) is 31.1 Å². The summed E-state index contributed by atoms with van der Waals surface area (Å²) in [6, 6.07) is 7.90. The van der Waals surface area contributed by atoms with Crippen molar-refractivity contribution in [3.8, 4) is 0 Å². The Morgan fingerprint density at radius 3 is 2.76 bits per heavy atom. The molecule has 1 aromatic carbocycles. The van der Waals surface area contributed by atoms with E-state index in [0.29, 0.717) is 6.54 Å². The first-order valence-electron chi connectivity index (χ1n) is 5.64. The third kappa shape index (κ3) is 3.50. The SMILES string of the molecule is O=S([O-])NCc1ccccc1N1CCNCC1. The highest BCUT2D eigenvalue weighted by Gasteiger charge is 2.13. The van der Waals surface area contributed by atoms with Crippen LogP contribution in [0.4, 0.5) is 5.69 Å². The lowest BCUT2D eigenvalue weighted by atomic mass is 10.1. The van der Waals surface area contributed by atoms with E-state index in [1.54, 1.807) is 0 Å². The molecule has 1 unspecified atom stereocenters. The molecule has 0 bridgehead atoms. The Balaban J connectivity index is 2.11. The van der Waals surface area contributed by atoms with Gasteiger partial charge in [-0.2, -0.15) is 0 Å². The highest BCUT2D eigenvalue weighted by Crippen LogP contribution is 2.20. The first kappa shape index (κ1) is 12.5. The molecule has 0 saturated carbocycles. The van der Waals surface area contributed by atoms with E-state index in [0.717, 1.165) is 37.4 Å². The molecule has 0 amide bonds. The molecule has 5 nitrogen and oxygen atoms in total. The topological polar surface area (TPSA) is 67.4 Å². The maximum absolute atomic E-state index is 10.5. The minimum Gasteiger partial charge on any atom is -0.760 e. The number of benzene rings is 1. The summed E-state index contributed by atoms with van der Waals surface area (Å²) in [4.78, 5) is 2.28. The molecule has 0 aromatic heterocycles. The molecule has 0 spiro atoms. The maximum atomic E-state index is 10.5. The number of hydrogen-bond donors (Lipinski definition) is 2. The molecule has 1 heterocycles. The highest BCUT2D eigenvalue weighted by molar-refractivity contribution is 7.77. The number of nitrogens with one attached hydrogen (secondary N) is 2. The van der Waals surface area contributed by atoms with Crippen molar-refractivity contribution in [1.29, 1.82) is 0 Å². The zero-order valence-electron chi connectivity index (χ0n) is 9.52. The number of hydrogen-bond acceptors (Lipinski definition) is 4. The van der Waals surface area contributed by atoms with Gasteiger partial charge in [0.15, 0.2) is 0 Å². The molecule has 1 atom stereocenters.